The van der Waals surface area contributed by atoms with Gasteiger partial charge in [0.05, 0.1) is 6.61 Å². The molecule has 0 radical (unpaired) electrons. The third kappa shape index (κ3) is 6.03. The molecule has 1 aliphatic rings. The van der Waals surface area contributed by atoms with Gasteiger partial charge in [0.15, 0.2) is 0 Å². The van der Waals surface area contributed by atoms with Gasteiger partial charge < -0.3 is 15.2 Å². The zero-order valence-electron chi connectivity index (χ0n) is 10.8. The van der Waals surface area contributed by atoms with Crippen molar-refractivity contribution in [3.05, 3.63) is 0 Å². The second-order valence-electron chi connectivity index (χ2n) is 4.88. The van der Waals surface area contributed by atoms with Gasteiger partial charge in [-0.1, -0.05) is 19.3 Å². The molecule has 0 spiro atoms. The van der Waals surface area contributed by atoms with Gasteiger partial charge in [0.25, 0.3) is 0 Å². The standard InChI is InChI=1S/C13H25NO3/c1-16-9-5-8-12(14)13(15)17-10-11-6-3-2-4-7-11/h11-12H,2-10,14H2,1H3. The molecule has 1 aliphatic carbocycles. The van der Waals surface area contributed by atoms with Gasteiger partial charge in [0.2, 0.25) is 0 Å². The molecule has 0 heterocycles. The van der Waals surface area contributed by atoms with Gasteiger partial charge in [-0.15, -0.1) is 0 Å². The number of rotatable bonds is 7. The topological polar surface area (TPSA) is 61.5 Å². The smallest absolute Gasteiger partial charge is 0.322 e. The first kappa shape index (κ1) is 14.5. The summed E-state index contributed by atoms with van der Waals surface area (Å²) in [4.78, 5) is 11.6. The molecule has 0 aliphatic heterocycles. The molecule has 17 heavy (non-hydrogen) atoms. The summed E-state index contributed by atoms with van der Waals surface area (Å²) in [6, 6.07) is -0.492. The minimum Gasteiger partial charge on any atom is -0.464 e. The van der Waals surface area contributed by atoms with E-state index in [0.717, 1.165) is 6.42 Å². The molecule has 1 unspecified atom stereocenters. The minimum atomic E-state index is -0.492. The van der Waals surface area contributed by atoms with E-state index in [0.29, 0.717) is 25.6 Å². The summed E-state index contributed by atoms with van der Waals surface area (Å²) in [6.07, 6.45) is 7.66. The summed E-state index contributed by atoms with van der Waals surface area (Å²) in [5, 5.41) is 0. The third-order valence-electron chi connectivity index (χ3n) is 3.35. The van der Waals surface area contributed by atoms with Crippen molar-refractivity contribution < 1.29 is 14.3 Å². The van der Waals surface area contributed by atoms with Gasteiger partial charge in [-0.25, -0.2) is 0 Å². The Labute approximate surface area is 104 Å². The van der Waals surface area contributed by atoms with Crippen molar-refractivity contribution >= 4 is 5.97 Å². The summed E-state index contributed by atoms with van der Waals surface area (Å²) in [6.45, 7) is 1.19. The molecule has 100 valence electrons. The van der Waals surface area contributed by atoms with Crippen LogP contribution in [0.4, 0.5) is 0 Å². The molecule has 0 amide bonds. The highest BCUT2D eigenvalue weighted by Gasteiger charge is 2.18. The molecule has 1 atom stereocenters. The monoisotopic (exact) mass is 243 g/mol. The summed E-state index contributed by atoms with van der Waals surface area (Å²) in [7, 11) is 1.65. The fraction of sp³-hybridized carbons (Fsp3) is 0.923. The van der Waals surface area contributed by atoms with Crippen LogP contribution < -0.4 is 5.73 Å². The van der Waals surface area contributed by atoms with Crippen molar-refractivity contribution in [1.29, 1.82) is 0 Å². The number of hydrogen-bond acceptors (Lipinski definition) is 4. The maximum atomic E-state index is 11.6. The molecule has 1 saturated carbocycles. The lowest BCUT2D eigenvalue weighted by atomic mass is 9.90. The Morgan fingerprint density at radius 2 is 2.06 bits per heavy atom. The molecule has 0 saturated heterocycles. The van der Waals surface area contributed by atoms with Gasteiger partial charge in [-0.3, -0.25) is 4.79 Å². The highest BCUT2D eigenvalue weighted by molar-refractivity contribution is 5.75. The van der Waals surface area contributed by atoms with Crippen LogP contribution in [0.15, 0.2) is 0 Å². The Kier molecular flexibility index (Phi) is 7.21. The van der Waals surface area contributed by atoms with Crippen LogP contribution >= 0.6 is 0 Å². The largest absolute Gasteiger partial charge is 0.464 e. The number of nitrogens with two attached hydrogens (primary N) is 1. The van der Waals surface area contributed by atoms with Crippen molar-refractivity contribution in [2.75, 3.05) is 20.3 Å². The molecule has 0 aromatic carbocycles. The molecule has 2 N–H and O–H groups in total. The van der Waals surface area contributed by atoms with E-state index in [1.54, 1.807) is 7.11 Å². The van der Waals surface area contributed by atoms with Crippen LogP contribution in [0.2, 0.25) is 0 Å². The normalized spacial score (nSPS) is 18.9. The van der Waals surface area contributed by atoms with Gasteiger partial charge in [0, 0.05) is 13.7 Å². The molecule has 4 heteroatoms. The Bertz CT molecular complexity index is 215. The lowest BCUT2D eigenvalue weighted by Gasteiger charge is -2.21. The molecule has 0 bridgehead atoms. The van der Waals surface area contributed by atoms with Crippen molar-refractivity contribution in [2.24, 2.45) is 11.7 Å². The second kappa shape index (κ2) is 8.48. The first-order chi connectivity index (χ1) is 8.24. The summed E-state index contributed by atoms with van der Waals surface area (Å²) in [5.74, 6) is 0.297. The van der Waals surface area contributed by atoms with Crippen molar-refractivity contribution in [3.63, 3.8) is 0 Å². The maximum absolute atomic E-state index is 11.6. The first-order valence-electron chi connectivity index (χ1n) is 6.65. The van der Waals surface area contributed by atoms with Crippen LogP contribution in [0.25, 0.3) is 0 Å². The van der Waals surface area contributed by atoms with Crippen LogP contribution in [0.1, 0.15) is 44.9 Å². The summed E-state index contributed by atoms with van der Waals surface area (Å²) < 4.78 is 10.2. The highest BCUT2D eigenvalue weighted by atomic mass is 16.5. The maximum Gasteiger partial charge on any atom is 0.322 e. The fourth-order valence-electron chi connectivity index (χ4n) is 2.23. The van der Waals surface area contributed by atoms with Gasteiger partial charge >= 0.3 is 5.97 Å². The second-order valence-corrected chi connectivity index (χ2v) is 4.88. The minimum absolute atomic E-state index is 0.258. The average molecular weight is 243 g/mol. The lowest BCUT2D eigenvalue weighted by Crippen LogP contribution is -2.33. The quantitative estimate of drug-likeness (QED) is 0.547. The van der Waals surface area contributed by atoms with Crippen LogP contribution in [0.5, 0.6) is 0 Å². The van der Waals surface area contributed by atoms with E-state index in [-0.39, 0.29) is 5.97 Å². The molecule has 4 nitrogen and oxygen atoms in total. The van der Waals surface area contributed by atoms with E-state index in [2.05, 4.69) is 0 Å². The van der Waals surface area contributed by atoms with E-state index in [9.17, 15) is 4.79 Å². The van der Waals surface area contributed by atoms with E-state index in [4.69, 9.17) is 15.2 Å². The van der Waals surface area contributed by atoms with Gasteiger partial charge in [-0.2, -0.15) is 0 Å². The first-order valence-corrected chi connectivity index (χ1v) is 6.65. The summed E-state index contributed by atoms with van der Waals surface area (Å²) >= 11 is 0. The zero-order valence-corrected chi connectivity index (χ0v) is 10.8. The van der Waals surface area contributed by atoms with E-state index in [1.165, 1.54) is 32.1 Å². The van der Waals surface area contributed by atoms with E-state index < -0.39 is 6.04 Å². The number of ether oxygens (including phenoxy) is 2. The SMILES string of the molecule is COCCCC(N)C(=O)OCC1CCCCC1. The molecular formula is C13H25NO3. The number of carbonyl (C=O) groups is 1. The van der Waals surface area contributed by atoms with E-state index in [1.807, 2.05) is 0 Å². The van der Waals surface area contributed by atoms with Gasteiger partial charge in [-0.05, 0) is 31.6 Å². The summed E-state index contributed by atoms with van der Waals surface area (Å²) in [5.41, 5.74) is 5.74. The molecule has 0 aromatic heterocycles. The Morgan fingerprint density at radius 1 is 1.35 bits per heavy atom. The predicted octanol–water partition coefficient (Wildman–Crippen LogP) is 1.86. The van der Waals surface area contributed by atoms with Crippen LogP contribution in [-0.2, 0) is 14.3 Å². The van der Waals surface area contributed by atoms with E-state index >= 15 is 0 Å². The van der Waals surface area contributed by atoms with Crippen LogP contribution in [-0.4, -0.2) is 32.3 Å². The Hall–Kier alpha value is -0.610. The molecular weight excluding hydrogens is 218 g/mol. The fourth-order valence-corrected chi connectivity index (χ4v) is 2.23. The Balaban J connectivity index is 2.10. The van der Waals surface area contributed by atoms with Crippen LogP contribution in [0, 0.1) is 5.92 Å². The number of hydrogen-bond donors (Lipinski definition) is 1. The van der Waals surface area contributed by atoms with Gasteiger partial charge in [0.1, 0.15) is 6.04 Å². The number of carbonyl (C=O) groups excluding carboxylic acids is 1. The Morgan fingerprint density at radius 3 is 2.71 bits per heavy atom. The van der Waals surface area contributed by atoms with Crippen LogP contribution in [0.3, 0.4) is 0 Å². The number of esters is 1. The zero-order chi connectivity index (χ0) is 12.5. The highest BCUT2D eigenvalue weighted by Crippen LogP contribution is 2.23. The van der Waals surface area contributed by atoms with Crippen molar-refractivity contribution in [2.45, 2.75) is 51.0 Å². The van der Waals surface area contributed by atoms with Crippen molar-refractivity contribution in [3.8, 4) is 0 Å². The lowest BCUT2D eigenvalue weighted by molar-refractivity contribution is -0.147. The van der Waals surface area contributed by atoms with Crippen molar-refractivity contribution in [1.82, 2.24) is 0 Å². The predicted molar refractivity (Wildman–Crippen MR) is 66.6 cm³/mol. The third-order valence-corrected chi connectivity index (χ3v) is 3.35. The molecule has 0 aromatic rings. The number of methoxy groups -OCH3 is 1. The average Bonchev–Trinajstić information content (AvgIpc) is 2.37. The molecule has 1 rings (SSSR count). The molecule has 1 fully saturated rings.